The van der Waals surface area contributed by atoms with Crippen LogP contribution in [0, 0.1) is 22.7 Å². The largest absolute Gasteiger partial charge is 0.0599 e. The number of hydrogen-bond donors (Lipinski definition) is 0. The van der Waals surface area contributed by atoms with Crippen LogP contribution in [0.3, 0.4) is 0 Å². The molecule has 2 atom stereocenters. The van der Waals surface area contributed by atoms with Crippen LogP contribution >= 0.6 is 0 Å². The summed E-state index contributed by atoms with van der Waals surface area (Å²) in [5.41, 5.74) is 1.02. The lowest BCUT2D eigenvalue weighted by molar-refractivity contribution is 0.194. The van der Waals surface area contributed by atoms with Crippen molar-refractivity contribution >= 4 is 0 Å². The van der Waals surface area contributed by atoms with E-state index in [1.54, 1.807) is 0 Å². The molecule has 0 aromatic carbocycles. The molecule has 0 amide bonds. The van der Waals surface area contributed by atoms with E-state index in [1.165, 1.54) is 57.8 Å². The molecule has 0 bridgehead atoms. The van der Waals surface area contributed by atoms with Crippen LogP contribution in [0.15, 0.2) is 0 Å². The highest BCUT2D eigenvalue weighted by molar-refractivity contribution is 4.78. The van der Waals surface area contributed by atoms with E-state index in [2.05, 4.69) is 41.5 Å². The van der Waals surface area contributed by atoms with E-state index in [1.807, 2.05) is 0 Å². The fourth-order valence-corrected chi connectivity index (χ4v) is 3.76. The van der Waals surface area contributed by atoms with Gasteiger partial charge >= 0.3 is 0 Å². The highest BCUT2D eigenvalue weighted by Gasteiger charge is 2.26. The molecule has 19 heavy (non-hydrogen) atoms. The predicted octanol–water partition coefficient (Wildman–Crippen LogP) is 6.84. The predicted molar refractivity (Wildman–Crippen MR) is 87.4 cm³/mol. The SMILES string of the molecule is CC(C)(C)C1CCCCCC(C(C)(C)C)CCCC1. The molecule has 1 rings (SSSR count). The van der Waals surface area contributed by atoms with Crippen LogP contribution in [0.2, 0.25) is 0 Å². The first-order valence-electron chi connectivity index (χ1n) is 8.71. The first kappa shape index (κ1) is 17.1. The molecule has 0 N–H and O–H groups in total. The second kappa shape index (κ2) is 7.14. The summed E-state index contributed by atoms with van der Waals surface area (Å²) in [5, 5.41) is 0. The third-order valence-corrected chi connectivity index (χ3v) is 5.41. The molecule has 0 radical (unpaired) electrons. The van der Waals surface area contributed by atoms with Gasteiger partial charge in [-0.25, -0.2) is 0 Å². The van der Waals surface area contributed by atoms with E-state index in [9.17, 15) is 0 Å². The van der Waals surface area contributed by atoms with Crippen LogP contribution in [-0.4, -0.2) is 0 Å². The minimum atomic E-state index is 0.511. The van der Waals surface area contributed by atoms with Gasteiger partial charge in [-0.15, -0.1) is 0 Å². The summed E-state index contributed by atoms with van der Waals surface area (Å²) in [5.74, 6) is 1.89. The average molecular weight is 267 g/mol. The molecule has 0 heteroatoms. The average Bonchev–Trinajstić information content (AvgIpc) is 2.29. The highest BCUT2D eigenvalue weighted by atomic mass is 14.3. The van der Waals surface area contributed by atoms with Crippen molar-refractivity contribution in [3.8, 4) is 0 Å². The maximum Gasteiger partial charge on any atom is -0.0354 e. The highest BCUT2D eigenvalue weighted by Crippen LogP contribution is 2.38. The van der Waals surface area contributed by atoms with Crippen LogP contribution in [0.1, 0.15) is 99.3 Å². The Labute approximate surface area is 122 Å². The smallest absolute Gasteiger partial charge is 0.0354 e. The van der Waals surface area contributed by atoms with E-state index in [0.29, 0.717) is 10.8 Å². The van der Waals surface area contributed by atoms with Gasteiger partial charge in [0.15, 0.2) is 0 Å². The third kappa shape index (κ3) is 6.32. The van der Waals surface area contributed by atoms with E-state index >= 15 is 0 Å². The van der Waals surface area contributed by atoms with Gasteiger partial charge in [-0.3, -0.25) is 0 Å². The first-order chi connectivity index (χ1) is 8.71. The molecular weight excluding hydrogens is 228 g/mol. The lowest BCUT2D eigenvalue weighted by atomic mass is 9.74. The molecule has 1 saturated carbocycles. The summed E-state index contributed by atoms with van der Waals surface area (Å²) >= 11 is 0. The van der Waals surface area contributed by atoms with Crippen molar-refractivity contribution in [3.05, 3.63) is 0 Å². The fraction of sp³-hybridized carbons (Fsp3) is 1.00. The fourth-order valence-electron chi connectivity index (χ4n) is 3.76. The van der Waals surface area contributed by atoms with Crippen LogP contribution in [0.5, 0.6) is 0 Å². The Morgan fingerprint density at radius 2 is 0.737 bits per heavy atom. The van der Waals surface area contributed by atoms with Crippen molar-refractivity contribution in [3.63, 3.8) is 0 Å². The molecule has 2 unspecified atom stereocenters. The van der Waals surface area contributed by atoms with Gasteiger partial charge < -0.3 is 0 Å². The zero-order chi connectivity index (χ0) is 14.5. The monoisotopic (exact) mass is 266 g/mol. The van der Waals surface area contributed by atoms with Crippen LogP contribution in [0.4, 0.5) is 0 Å². The first-order valence-corrected chi connectivity index (χ1v) is 8.71. The maximum absolute atomic E-state index is 2.44. The van der Waals surface area contributed by atoms with Crippen molar-refractivity contribution in [2.75, 3.05) is 0 Å². The van der Waals surface area contributed by atoms with Crippen LogP contribution < -0.4 is 0 Å². The van der Waals surface area contributed by atoms with E-state index in [-0.39, 0.29) is 0 Å². The van der Waals surface area contributed by atoms with Gasteiger partial charge in [-0.05, 0) is 48.3 Å². The van der Waals surface area contributed by atoms with Gasteiger partial charge in [0.25, 0.3) is 0 Å². The van der Waals surface area contributed by atoms with Crippen molar-refractivity contribution in [1.29, 1.82) is 0 Å². The third-order valence-electron chi connectivity index (χ3n) is 5.41. The molecule has 0 aliphatic heterocycles. The number of hydrogen-bond acceptors (Lipinski definition) is 0. The molecule has 1 fully saturated rings. The minimum absolute atomic E-state index is 0.511. The molecule has 0 heterocycles. The van der Waals surface area contributed by atoms with Gasteiger partial charge in [0.05, 0.1) is 0 Å². The zero-order valence-electron chi connectivity index (χ0n) is 14.5. The van der Waals surface area contributed by atoms with Gasteiger partial charge in [-0.1, -0.05) is 73.6 Å². The lowest BCUT2D eigenvalue weighted by Crippen LogP contribution is -2.21. The topological polar surface area (TPSA) is 0 Å². The van der Waals surface area contributed by atoms with Gasteiger partial charge in [0.1, 0.15) is 0 Å². The van der Waals surface area contributed by atoms with E-state index in [0.717, 1.165) is 11.8 Å². The van der Waals surface area contributed by atoms with Crippen molar-refractivity contribution in [1.82, 2.24) is 0 Å². The van der Waals surface area contributed by atoms with E-state index < -0.39 is 0 Å². The Balaban J connectivity index is 2.55. The summed E-state index contributed by atoms with van der Waals surface area (Å²) in [4.78, 5) is 0. The molecule has 0 aromatic rings. The molecule has 0 aromatic heterocycles. The second-order valence-electron chi connectivity index (χ2n) is 9.05. The van der Waals surface area contributed by atoms with Crippen molar-refractivity contribution in [2.45, 2.75) is 99.3 Å². The summed E-state index contributed by atoms with van der Waals surface area (Å²) in [7, 11) is 0. The Kier molecular flexibility index (Phi) is 6.40. The van der Waals surface area contributed by atoms with Gasteiger partial charge in [0.2, 0.25) is 0 Å². The lowest BCUT2D eigenvalue weighted by Gasteiger charge is -2.31. The van der Waals surface area contributed by atoms with Crippen LogP contribution in [0.25, 0.3) is 0 Å². The van der Waals surface area contributed by atoms with Crippen molar-refractivity contribution in [2.24, 2.45) is 22.7 Å². The second-order valence-corrected chi connectivity index (χ2v) is 9.05. The molecule has 0 nitrogen and oxygen atoms in total. The van der Waals surface area contributed by atoms with Gasteiger partial charge in [-0.2, -0.15) is 0 Å². The Hall–Kier alpha value is 0. The summed E-state index contributed by atoms with van der Waals surface area (Å²) in [6.07, 6.45) is 13.1. The molecule has 114 valence electrons. The molecule has 1 aliphatic carbocycles. The molecule has 0 spiro atoms. The Bertz CT molecular complexity index is 212. The molecule has 0 saturated heterocycles. The molecular formula is C19H38. The maximum atomic E-state index is 2.44. The van der Waals surface area contributed by atoms with E-state index in [4.69, 9.17) is 0 Å². The quantitative estimate of drug-likeness (QED) is 0.450. The van der Waals surface area contributed by atoms with Gasteiger partial charge in [0, 0.05) is 0 Å². The summed E-state index contributed by atoms with van der Waals surface area (Å²) in [6.45, 7) is 14.6. The molecule has 1 aliphatic rings. The van der Waals surface area contributed by atoms with Crippen LogP contribution in [-0.2, 0) is 0 Å². The summed E-state index contributed by atoms with van der Waals surface area (Å²) in [6, 6.07) is 0. The number of rotatable bonds is 0. The Morgan fingerprint density at radius 1 is 0.474 bits per heavy atom. The summed E-state index contributed by atoms with van der Waals surface area (Å²) < 4.78 is 0. The zero-order valence-corrected chi connectivity index (χ0v) is 14.5. The standard InChI is InChI=1S/C19H38/c1-18(2,3)16-12-8-7-9-13-17(19(4,5)6)15-11-10-14-16/h16-17H,7-15H2,1-6H3. The normalized spacial score (nSPS) is 28.7. The Morgan fingerprint density at radius 3 is 1.00 bits per heavy atom. The van der Waals surface area contributed by atoms with Crippen molar-refractivity contribution < 1.29 is 0 Å². The minimum Gasteiger partial charge on any atom is -0.0599 e.